The number of carbonyl (C=O) groups excluding carboxylic acids is 2. The molecule has 0 bridgehead atoms. The first kappa shape index (κ1) is 23.3. The van der Waals surface area contributed by atoms with Crippen LogP contribution in [0.3, 0.4) is 0 Å². The van der Waals surface area contributed by atoms with Gasteiger partial charge in [-0.05, 0) is 57.2 Å². The normalized spacial score (nSPS) is 10.6. The minimum atomic E-state index is -0.387. The van der Waals surface area contributed by atoms with Crippen LogP contribution in [-0.2, 0) is 22.7 Å². The van der Waals surface area contributed by atoms with Crippen molar-refractivity contribution in [1.82, 2.24) is 14.8 Å². The average molecular weight is 455 g/mol. The third kappa shape index (κ3) is 6.34. The number of thioether (sulfide) groups is 1. The minimum Gasteiger partial charge on any atom is -0.486 e. The average Bonchev–Trinajstić information content (AvgIpc) is 3.19. The molecule has 3 aromatic rings. The zero-order chi connectivity index (χ0) is 22.9. The van der Waals surface area contributed by atoms with Crippen molar-refractivity contribution < 1.29 is 19.1 Å². The van der Waals surface area contributed by atoms with Crippen LogP contribution >= 0.6 is 11.8 Å². The quantitative estimate of drug-likeness (QED) is 0.364. The van der Waals surface area contributed by atoms with Gasteiger partial charge in [0.25, 0.3) is 0 Å². The second-order valence-corrected chi connectivity index (χ2v) is 7.82. The second kappa shape index (κ2) is 11.3. The number of hydrogen-bond donors (Lipinski definition) is 1. The maximum Gasteiger partial charge on any atom is 0.338 e. The maximum absolute atomic E-state index is 12.3. The van der Waals surface area contributed by atoms with E-state index in [4.69, 9.17) is 9.47 Å². The highest BCUT2D eigenvalue weighted by atomic mass is 32.2. The van der Waals surface area contributed by atoms with Gasteiger partial charge in [0.1, 0.15) is 12.4 Å². The number of rotatable bonds is 10. The number of nitrogens with zero attached hydrogens (tertiary/aromatic N) is 3. The van der Waals surface area contributed by atoms with Gasteiger partial charge in [0.2, 0.25) is 5.91 Å². The Morgan fingerprint density at radius 1 is 1.03 bits per heavy atom. The van der Waals surface area contributed by atoms with Crippen LogP contribution in [0.2, 0.25) is 0 Å². The lowest BCUT2D eigenvalue weighted by molar-refractivity contribution is -0.113. The Bertz CT molecular complexity index is 1050. The molecular weight excluding hydrogens is 428 g/mol. The molecule has 0 aliphatic rings. The van der Waals surface area contributed by atoms with Crippen LogP contribution in [0, 0.1) is 6.92 Å². The molecule has 0 spiro atoms. The van der Waals surface area contributed by atoms with Crippen molar-refractivity contribution in [3.63, 3.8) is 0 Å². The highest BCUT2D eigenvalue weighted by molar-refractivity contribution is 7.99. The van der Waals surface area contributed by atoms with E-state index < -0.39 is 0 Å². The molecule has 1 amide bonds. The molecular formula is C23H26N4O4S. The van der Waals surface area contributed by atoms with Gasteiger partial charge in [-0.25, -0.2) is 4.79 Å². The molecule has 3 rings (SSSR count). The van der Waals surface area contributed by atoms with Crippen LogP contribution in [0.25, 0.3) is 0 Å². The fraction of sp³-hybridized carbons (Fsp3) is 0.304. The van der Waals surface area contributed by atoms with Gasteiger partial charge in [0.15, 0.2) is 11.0 Å². The number of hydrogen-bond acceptors (Lipinski definition) is 7. The van der Waals surface area contributed by atoms with Gasteiger partial charge in [0.05, 0.1) is 17.9 Å². The van der Waals surface area contributed by atoms with E-state index in [9.17, 15) is 9.59 Å². The molecule has 0 fully saturated rings. The molecule has 0 atom stereocenters. The lowest BCUT2D eigenvalue weighted by atomic mass is 10.2. The number of esters is 1. The van der Waals surface area contributed by atoms with Crippen molar-refractivity contribution >= 4 is 29.3 Å². The van der Waals surface area contributed by atoms with Crippen LogP contribution in [0.15, 0.2) is 53.7 Å². The maximum atomic E-state index is 12.3. The Kier molecular flexibility index (Phi) is 8.27. The Morgan fingerprint density at radius 2 is 1.75 bits per heavy atom. The largest absolute Gasteiger partial charge is 0.486 e. The summed E-state index contributed by atoms with van der Waals surface area (Å²) in [7, 11) is 0. The minimum absolute atomic E-state index is 0.177. The second-order valence-electron chi connectivity index (χ2n) is 6.88. The van der Waals surface area contributed by atoms with Gasteiger partial charge in [-0.1, -0.05) is 29.5 Å². The Balaban J connectivity index is 1.53. The SMILES string of the molecule is CCOC(=O)c1ccc(NC(=O)CSc2nnc(COc3ccc(C)cc3)n2CC)cc1. The van der Waals surface area contributed by atoms with Gasteiger partial charge in [-0.15, -0.1) is 10.2 Å². The molecule has 0 radical (unpaired) electrons. The molecule has 0 saturated carbocycles. The Hall–Kier alpha value is -3.33. The van der Waals surface area contributed by atoms with E-state index in [0.717, 1.165) is 5.75 Å². The van der Waals surface area contributed by atoms with E-state index in [0.29, 0.717) is 42.0 Å². The number of carbonyl (C=O) groups is 2. The fourth-order valence-electron chi connectivity index (χ4n) is 2.86. The summed E-state index contributed by atoms with van der Waals surface area (Å²) in [6, 6.07) is 14.4. The molecule has 1 heterocycles. The van der Waals surface area contributed by atoms with Crippen LogP contribution in [0.4, 0.5) is 5.69 Å². The lowest BCUT2D eigenvalue weighted by Gasteiger charge is -2.09. The number of aryl methyl sites for hydroxylation is 1. The lowest BCUT2D eigenvalue weighted by Crippen LogP contribution is -2.15. The zero-order valence-electron chi connectivity index (χ0n) is 18.3. The summed E-state index contributed by atoms with van der Waals surface area (Å²) >= 11 is 1.31. The third-order valence-electron chi connectivity index (χ3n) is 4.51. The van der Waals surface area contributed by atoms with Gasteiger partial charge < -0.3 is 19.4 Å². The van der Waals surface area contributed by atoms with Gasteiger partial charge in [-0.2, -0.15) is 0 Å². The highest BCUT2D eigenvalue weighted by Crippen LogP contribution is 2.20. The molecule has 1 N–H and O–H groups in total. The van der Waals surface area contributed by atoms with E-state index in [-0.39, 0.29) is 17.6 Å². The number of aromatic nitrogens is 3. The van der Waals surface area contributed by atoms with Crippen molar-refractivity contribution in [2.24, 2.45) is 0 Å². The molecule has 1 aromatic heterocycles. The molecule has 9 heteroatoms. The van der Waals surface area contributed by atoms with E-state index in [1.807, 2.05) is 42.7 Å². The van der Waals surface area contributed by atoms with Gasteiger partial charge in [0, 0.05) is 12.2 Å². The predicted octanol–water partition coefficient (Wildman–Crippen LogP) is 4.09. The summed E-state index contributed by atoms with van der Waals surface area (Å²) in [5, 5.41) is 11.9. The van der Waals surface area contributed by atoms with Crippen molar-refractivity contribution in [3.05, 3.63) is 65.5 Å². The summed E-state index contributed by atoms with van der Waals surface area (Å²) in [5.74, 6) is 1.08. The molecule has 32 heavy (non-hydrogen) atoms. The van der Waals surface area contributed by atoms with Crippen LogP contribution in [-0.4, -0.2) is 39.0 Å². The van der Waals surface area contributed by atoms with E-state index in [1.165, 1.54) is 17.3 Å². The smallest absolute Gasteiger partial charge is 0.338 e. The van der Waals surface area contributed by atoms with Crippen molar-refractivity contribution in [1.29, 1.82) is 0 Å². The zero-order valence-corrected chi connectivity index (χ0v) is 19.1. The summed E-state index contributed by atoms with van der Waals surface area (Å²) in [6.45, 7) is 7.05. The third-order valence-corrected chi connectivity index (χ3v) is 5.48. The molecule has 0 saturated heterocycles. The van der Waals surface area contributed by atoms with E-state index in [1.54, 1.807) is 31.2 Å². The first-order chi connectivity index (χ1) is 15.5. The summed E-state index contributed by atoms with van der Waals surface area (Å²) < 4.78 is 12.7. The molecule has 168 valence electrons. The molecule has 0 aliphatic heterocycles. The fourth-order valence-corrected chi connectivity index (χ4v) is 3.69. The molecule has 8 nitrogen and oxygen atoms in total. The molecule has 0 unspecified atom stereocenters. The van der Waals surface area contributed by atoms with E-state index in [2.05, 4.69) is 15.5 Å². The monoisotopic (exact) mass is 454 g/mol. The Labute approximate surface area is 191 Å². The van der Waals surface area contributed by atoms with Crippen LogP contribution in [0.1, 0.15) is 35.6 Å². The Morgan fingerprint density at radius 3 is 2.41 bits per heavy atom. The van der Waals surface area contributed by atoms with Crippen molar-refractivity contribution in [2.75, 3.05) is 17.7 Å². The first-order valence-electron chi connectivity index (χ1n) is 10.3. The van der Waals surface area contributed by atoms with E-state index >= 15 is 0 Å². The number of benzene rings is 2. The first-order valence-corrected chi connectivity index (χ1v) is 11.3. The topological polar surface area (TPSA) is 95.3 Å². The highest BCUT2D eigenvalue weighted by Gasteiger charge is 2.14. The number of ether oxygens (including phenoxy) is 2. The standard InChI is InChI=1S/C23H26N4O4S/c1-4-27-20(14-31-19-12-6-16(3)7-13-19)25-26-23(27)32-15-21(28)24-18-10-8-17(9-11-18)22(29)30-5-2/h6-13H,4-5,14-15H2,1-3H3,(H,24,28). The summed E-state index contributed by atoms with van der Waals surface area (Å²) in [5.41, 5.74) is 2.21. The van der Waals surface area contributed by atoms with Crippen molar-refractivity contribution in [2.45, 2.75) is 39.1 Å². The number of anilines is 1. The molecule has 2 aromatic carbocycles. The summed E-state index contributed by atoms with van der Waals surface area (Å²) in [4.78, 5) is 24.0. The number of nitrogens with one attached hydrogen (secondary N) is 1. The van der Waals surface area contributed by atoms with Crippen molar-refractivity contribution in [3.8, 4) is 5.75 Å². The predicted molar refractivity (Wildman–Crippen MR) is 123 cm³/mol. The van der Waals surface area contributed by atoms with Crippen LogP contribution in [0.5, 0.6) is 5.75 Å². The van der Waals surface area contributed by atoms with Gasteiger partial charge >= 0.3 is 5.97 Å². The summed E-state index contributed by atoms with van der Waals surface area (Å²) in [6.07, 6.45) is 0. The van der Waals surface area contributed by atoms with Gasteiger partial charge in [-0.3, -0.25) is 4.79 Å². The molecule has 0 aliphatic carbocycles. The van der Waals surface area contributed by atoms with Crippen LogP contribution < -0.4 is 10.1 Å². The number of amides is 1.